The van der Waals surface area contributed by atoms with Gasteiger partial charge in [0.2, 0.25) is 0 Å². The summed E-state index contributed by atoms with van der Waals surface area (Å²) in [6, 6.07) is 9.66. The van der Waals surface area contributed by atoms with Gasteiger partial charge in [-0.15, -0.1) is 0 Å². The van der Waals surface area contributed by atoms with Gasteiger partial charge in [0.15, 0.2) is 0 Å². The van der Waals surface area contributed by atoms with Crippen LogP contribution < -0.4 is 0 Å². The molecule has 30 heavy (non-hydrogen) atoms. The fourth-order valence-corrected chi connectivity index (χ4v) is 6.38. The van der Waals surface area contributed by atoms with Gasteiger partial charge in [0.05, 0.1) is 0 Å². The number of aryl methyl sites for hydroxylation is 1. The number of rotatable bonds is 5. The molecule has 2 saturated carbocycles. The number of hydrogen-bond donors (Lipinski definition) is 0. The summed E-state index contributed by atoms with van der Waals surface area (Å²) in [5.41, 5.74) is 10.6. The Labute approximate surface area is 184 Å². The number of nitrogens with zero attached hydrogens (tertiary/aromatic N) is 1. The van der Waals surface area contributed by atoms with Crippen molar-refractivity contribution in [3.05, 3.63) is 63.5 Å². The van der Waals surface area contributed by atoms with Crippen LogP contribution in [0.15, 0.2) is 24.3 Å². The molecule has 2 aromatic rings. The highest BCUT2D eigenvalue weighted by Gasteiger charge is 2.37. The Bertz CT molecular complexity index is 858. The summed E-state index contributed by atoms with van der Waals surface area (Å²) in [6.45, 7) is 11.3. The zero-order valence-corrected chi connectivity index (χ0v) is 20.0. The van der Waals surface area contributed by atoms with Crippen LogP contribution in [0.3, 0.4) is 0 Å². The van der Waals surface area contributed by atoms with Crippen LogP contribution in [0.1, 0.15) is 123 Å². The lowest BCUT2D eigenvalue weighted by atomic mass is 9.68. The first-order valence-electron chi connectivity index (χ1n) is 12.5. The Hall–Kier alpha value is -1.63. The Balaban J connectivity index is 1.51. The molecule has 0 atom stereocenters. The first-order chi connectivity index (χ1) is 14.4. The van der Waals surface area contributed by atoms with Crippen LogP contribution in [0.25, 0.3) is 0 Å². The second kappa shape index (κ2) is 8.85. The van der Waals surface area contributed by atoms with Crippen molar-refractivity contribution < 1.29 is 0 Å². The molecular weight excluding hydrogens is 362 g/mol. The van der Waals surface area contributed by atoms with E-state index >= 15 is 0 Å². The van der Waals surface area contributed by atoms with Crippen molar-refractivity contribution in [2.24, 2.45) is 5.41 Å². The molecule has 1 heteroatoms. The lowest BCUT2D eigenvalue weighted by Crippen LogP contribution is -2.23. The van der Waals surface area contributed by atoms with E-state index < -0.39 is 0 Å². The molecule has 1 aromatic heterocycles. The van der Waals surface area contributed by atoms with Crippen LogP contribution in [0.5, 0.6) is 0 Å². The monoisotopic (exact) mass is 403 g/mol. The maximum Gasteiger partial charge on any atom is 0.0470 e. The van der Waals surface area contributed by atoms with E-state index in [1.807, 2.05) is 0 Å². The maximum atomic E-state index is 5.00. The average Bonchev–Trinajstić information content (AvgIpc) is 3.20. The van der Waals surface area contributed by atoms with Gasteiger partial charge in [-0.2, -0.15) is 0 Å². The van der Waals surface area contributed by atoms with Gasteiger partial charge in [0.1, 0.15) is 0 Å². The van der Waals surface area contributed by atoms with Gasteiger partial charge in [-0.1, -0.05) is 57.9 Å². The minimum atomic E-state index is 0.467. The minimum Gasteiger partial charge on any atom is -0.257 e. The van der Waals surface area contributed by atoms with E-state index in [0.29, 0.717) is 5.92 Å². The fourth-order valence-electron chi connectivity index (χ4n) is 6.38. The van der Waals surface area contributed by atoms with Gasteiger partial charge in [-0.25, -0.2) is 0 Å². The second-order valence-corrected chi connectivity index (χ2v) is 10.6. The summed E-state index contributed by atoms with van der Waals surface area (Å²) in [5.74, 6) is 1.25. The molecule has 0 N–H and O–H groups in total. The van der Waals surface area contributed by atoms with Crippen LogP contribution in [0.4, 0.5) is 0 Å². The van der Waals surface area contributed by atoms with Crippen LogP contribution >= 0.6 is 0 Å². The normalized spacial score (nSPS) is 19.1. The number of hydrogen-bond acceptors (Lipinski definition) is 1. The molecule has 0 bridgehead atoms. The molecule has 0 radical (unpaired) electrons. The highest BCUT2D eigenvalue weighted by molar-refractivity contribution is 5.44. The predicted molar refractivity (Wildman–Crippen MR) is 129 cm³/mol. The third-order valence-corrected chi connectivity index (χ3v) is 8.40. The zero-order chi connectivity index (χ0) is 21.3. The highest BCUT2D eigenvalue weighted by Crippen LogP contribution is 2.52. The van der Waals surface area contributed by atoms with E-state index in [1.165, 1.54) is 85.0 Å². The Kier molecular flexibility index (Phi) is 6.37. The standard InChI is InChI=1S/C29H41N/c1-6-26-21(4)22(5)30-28(20(2)3)27(26)19-23-9-11-24(12-10-23)25-13-17-29(18-14-25)15-7-8-16-29/h9-12,20,25H,6-8,13-19H2,1-5H3. The lowest BCUT2D eigenvalue weighted by Gasteiger charge is -2.37. The smallest absolute Gasteiger partial charge is 0.0470 e. The molecule has 1 aromatic carbocycles. The molecule has 2 fully saturated rings. The van der Waals surface area contributed by atoms with Crippen LogP contribution in [-0.2, 0) is 12.8 Å². The van der Waals surface area contributed by atoms with Gasteiger partial charge in [-0.3, -0.25) is 4.98 Å². The molecule has 1 nitrogen and oxygen atoms in total. The Morgan fingerprint density at radius 3 is 2.13 bits per heavy atom. The van der Waals surface area contributed by atoms with Crippen molar-refractivity contribution >= 4 is 0 Å². The molecule has 0 amide bonds. The van der Waals surface area contributed by atoms with E-state index in [2.05, 4.69) is 58.9 Å². The van der Waals surface area contributed by atoms with E-state index in [9.17, 15) is 0 Å². The van der Waals surface area contributed by atoms with Crippen molar-refractivity contribution in [2.75, 3.05) is 0 Å². The first-order valence-corrected chi connectivity index (χ1v) is 12.5. The lowest BCUT2D eigenvalue weighted by molar-refractivity contribution is 0.181. The van der Waals surface area contributed by atoms with Crippen LogP contribution in [0, 0.1) is 19.3 Å². The molecular formula is C29H41N. The van der Waals surface area contributed by atoms with Crippen molar-refractivity contribution in [3.63, 3.8) is 0 Å². The third kappa shape index (κ3) is 4.23. The fraction of sp³-hybridized carbons (Fsp3) is 0.621. The topological polar surface area (TPSA) is 12.9 Å². The van der Waals surface area contributed by atoms with Gasteiger partial charge >= 0.3 is 0 Å². The largest absolute Gasteiger partial charge is 0.257 e. The SMILES string of the molecule is CCc1c(C)c(C)nc(C(C)C)c1Cc1ccc(C2CCC3(CCCC3)CC2)cc1. The second-order valence-electron chi connectivity index (χ2n) is 10.6. The highest BCUT2D eigenvalue weighted by atomic mass is 14.7. The van der Waals surface area contributed by atoms with Gasteiger partial charge < -0.3 is 0 Å². The van der Waals surface area contributed by atoms with Crippen LogP contribution in [0.2, 0.25) is 0 Å². The first kappa shape index (κ1) is 21.6. The molecule has 4 rings (SSSR count). The van der Waals surface area contributed by atoms with Gasteiger partial charge in [-0.05, 0) is 110 Å². The van der Waals surface area contributed by atoms with Crippen molar-refractivity contribution in [2.45, 2.75) is 111 Å². The zero-order valence-electron chi connectivity index (χ0n) is 20.0. The summed E-state index contributed by atoms with van der Waals surface area (Å²) in [7, 11) is 0. The number of pyridine rings is 1. The summed E-state index contributed by atoms with van der Waals surface area (Å²) < 4.78 is 0. The summed E-state index contributed by atoms with van der Waals surface area (Å²) in [6.07, 6.45) is 13.8. The molecule has 0 saturated heterocycles. The van der Waals surface area contributed by atoms with E-state index in [0.717, 1.165) is 24.2 Å². The summed E-state index contributed by atoms with van der Waals surface area (Å²) in [5, 5.41) is 0. The average molecular weight is 404 g/mol. The minimum absolute atomic E-state index is 0.467. The summed E-state index contributed by atoms with van der Waals surface area (Å²) >= 11 is 0. The van der Waals surface area contributed by atoms with Crippen molar-refractivity contribution in [3.8, 4) is 0 Å². The van der Waals surface area contributed by atoms with E-state index in [-0.39, 0.29) is 0 Å². The molecule has 2 aliphatic carbocycles. The number of aromatic nitrogens is 1. The van der Waals surface area contributed by atoms with Gasteiger partial charge in [0.25, 0.3) is 0 Å². The van der Waals surface area contributed by atoms with Crippen molar-refractivity contribution in [1.29, 1.82) is 0 Å². The molecule has 2 aliphatic rings. The third-order valence-electron chi connectivity index (χ3n) is 8.40. The molecule has 1 spiro atoms. The van der Waals surface area contributed by atoms with Crippen LogP contribution in [-0.4, -0.2) is 4.98 Å². The maximum absolute atomic E-state index is 5.00. The number of benzene rings is 1. The molecule has 0 unspecified atom stereocenters. The molecule has 162 valence electrons. The Morgan fingerprint density at radius 2 is 1.57 bits per heavy atom. The van der Waals surface area contributed by atoms with E-state index in [4.69, 9.17) is 4.98 Å². The molecule has 0 aliphatic heterocycles. The molecule has 1 heterocycles. The van der Waals surface area contributed by atoms with E-state index in [1.54, 1.807) is 5.56 Å². The summed E-state index contributed by atoms with van der Waals surface area (Å²) in [4.78, 5) is 5.00. The Morgan fingerprint density at radius 1 is 0.933 bits per heavy atom. The van der Waals surface area contributed by atoms with Crippen molar-refractivity contribution in [1.82, 2.24) is 4.98 Å². The van der Waals surface area contributed by atoms with Gasteiger partial charge in [0, 0.05) is 11.4 Å². The quantitative estimate of drug-likeness (QED) is 0.490. The predicted octanol–water partition coefficient (Wildman–Crippen LogP) is 8.19.